The van der Waals surface area contributed by atoms with Crippen molar-refractivity contribution in [3.8, 4) is 11.6 Å². The number of aryl methyl sites for hydroxylation is 2. The van der Waals surface area contributed by atoms with Crippen molar-refractivity contribution in [1.29, 1.82) is 0 Å². The zero-order valence-electron chi connectivity index (χ0n) is 9.78. The summed E-state index contributed by atoms with van der Waals surface area (Å²) in [5.41, 5.74) is 0.505. The molecule has 3 aromatic rings. The molecule has 0 aromatic carbocycles. The number of aromatic carboxylic acids is 1. The molecule has 0 aliphatic carbocycles. The standard InChI is InChI=1S/C11H10N4O3/c1-6-8(10(16)17)12-11-14(2)9(13-15(6)11)7-4-3-5-18-7/h3-5H,1-2H3,(H,16,17). The smallest absolute Gasteiger partial charge is 0.356 e. The summed E-state index contributed by atoms with van der Waals surface area (Å²) < 4.78 is 8.47. The van der Waals surface area contributed by atoms with Crippen molar-refractivity contribution in [2.24, 2.45) is 7.05 Å². The second-order valence-corrected chi connectivity index (χ2v) is 3.92. The number of nitrogens with zero attached hydrogens (tertiary/aromatic N) is 4. The van der Waals surface area contributed by atoms with Gasteiger partial charge in [-0.25, -0.2) is 14.3 Å². The van der Waals surface area contributed by atoms with Crippen LogP contribution in [0.3, 0.4) is 0 Å². The van der Waals surface area contributed by atoms with Crippen LogP contribution in [0.4, 0.5) is 0 Å². The van der Waals surface area contributed by atoms with Crippen LogP contribution in [-0.2, 0) is 7.05 Å². The minimum atomic E-state index is -1.06. The molecular weight excluding hydrogens is 236 g/mol. The molecule has 0 unspecified atom stereocenters. The highest BCUT2D eigenvalue weighted by Gasteiger charge is 2.21. The maximum absolute atomic E-state index is 11.0. The molecule has 0 fully saturated rings. The van der Waals surface area contributed by atoms with Crippen LogP contribution >= 0.6 is 0 Å². The molecule has 0 radical (unpaired) electrons. The first-order chi connectivity index (χ1) is 8.59. The predicted molar refractivity (Wildman–Crippen MR) is 61.4 cm³/mol. The van der Waals surface area contributed by atoms with E-state index in [1.807, 2.05) is 0 Å². The number of carboxylic acids is 1. The molecular formula is C11H10N4O3. The Balaban J connectivity index is 2.28. The summed E-state index contributed by atoms with van der Waals surface area (Å²) in [6, 6.07) is 3.55. The van der Waals surface area contributed by atoms with Crippen molar-refractivity contribution in [3.63, 3.8) is 0 Å². The molecule has 0 aliphatic heterocycles. The van der Waals surface area contributed by atoms with E-state index in [1.54, 1.807) is 36.9 Å². The fourth-order valence-electron chi connectivity index (χ4n) is 1.89. The second-order valence-electron chi connectivity index (χ2n) is 3.92. The molecule has 7 heteroatoms. The van der Waals surface area contributed by atoms with Gasteiger partial charge in [-0.2, -0.15) is 0 Å². The molecule has 7 nitrogen and oxygen atoms in total. The lowest BCUT2D eigenvalue weighted by atomic mass is 10.3. The zero-order valence-corrected chi connectivity index (χ0v) is 9.78. The maximum Gasteiger partial charge on any atom is 0.356 e. The molecule has 0 saturated heterocycles. The lowest BCUT2D eigenvalue weighted by Crippen LogP contribution is -2.01. The first-order valence-electron chi connectivity index (χ1n) is 5.29. The van der Waals surface area contributed by atoms with Crippen molar-refractivity contribution in [1.82, 2.24) is 19.2 Å². The van der Waals surface area contributed by atoms with Gasteiger partial charge in [0.25, 0.3) is 0 Å². The summed E-state index contributed by atoms with van der Waals surface area (Å²) in [4.78, 5) is 15.0. The number of hydrogen-bond donors (Lipinski definition) is 1. The summed E-state index contributed by atoms with van der Waals surface area (Å²) in [5.74, 6) is 0.621. The lowest BCUT2D eigenvalue weighted by Gasteiger charge is -1.95. The summed E-state index contributed by atoms with van der Waals surface area (Å²) in [5, 5.41) is 13.3. The summed E-state index contributed by atoms with van der Waals surface area (Å²) in [6.07, 6.45) is 1.56. The van der Waals surface area contributed by atoms with Gasteiger partial charge in [-0.3, -0.25) is 4.57 Å². The van der Waals surface area contributed by atoms with Crippen molar-refractivity contribution in [2.75, 3.05) is 0 Å². The minimum absolute atomic E-state index is 0.0131. The largest absolute Gasteiger partial charge is 0.476 e. The van der Waals surface area contributed by atoms with Crippen molar-refractivity contribution in [2.45, 2.75) is 6.92 Å². The summed E-state index contributed by atoms with van der Waals surface area (Å²) >= 11 is 0. The van der Waals surface area contributed by atoms with Crippen LogP contribution in [0.1, 0.15) is 16.2 Å². The van der Waals surface area contributed by atoms with Gasteiger partial charge < -0.3 is 9.52 Å². The van der Waals surface area contributed by atoms with Gasteiger partial charge in [0.1, 0.15) is 0 Å². The Morgan fingerprint density at radius 2 is 2.28 bits per heavy atom. The highest BCUT2D eigenvalue weighted by atomic mass is 16.4. The Hall–Kier alpha value is -2.57. The Morgan fingerprint density at radius 3 is 2.83 bits per heavy atom. The lowest BCUT2D eigenvalue weighted by molar-refractivity contribution is 0.0690. The quantitative estimate of drug-likeness (QED) is 0.737. The highest BCUT2D eigenvalue weighted by molar-refractivity contribution is 5.87. The average Bonchev–Trinajstić information content (AvgIpc) is 2.98. The minimum Gasteiger partial charge on any atom is -0.476 e. The van der Waals surface area contributed by atoms with Gasteiger partial charge >= 0.3 is 5.97 Å². The maximum atomic E-state index is 11.0. The molecule has 3 heterocycles. The van der Waals surface area contributed by atoms with Gasteiger partial charge in [-0.1, -0.05) is 0 Å². The number of carboxylic acid groups (broad SMARTS) is 1. The Bertz CT molecular complexity index is 736. The van der Waals surface area contributed by atoms with E-state index >= 15 is 0 Å². The molecule has 0 spiro atoms. The Morgan fingerprint density at radius 1 is 1.50 bits per heavy atom. The Kier molecular flexibility index (Phi) is 2.03. The first-order valence-corrected chi connectivity index (χ1v) is 5.29. The molecule has 0 saturated carbocycles. The number of hydrogen-bond acceptors (Lipinski definition) is 4. The fraction of sp³-hybridized carbons (Fsp3) is 0.182. The van der Waals surface area contributed by atoms with Crippen LogP contribution in [0.15, 0.2) is 22.8 Å². The van der Waals surface area contributed by atoms with Crippen LogP contribution in [0.25, 0.3) is 17.4 Å². The number of fused-ring (bicyclic) bond motifs is 1. The third kappa shape index (κ3) is 1.27. The van der Waals surface area contributed by atoms with Gasteiger partial charge in [0.2, 0.25) is 5.78 Å². The van der Waals surface area contributed by atoms with E-state index in [1.165, 1.54) is 4.52 Å². The van der Waals surface area contributed by atoms with Gasteiger partial charge in [0, 0.05) is 7.05 Å². The summed E-state index contributed by atoms with van der Waals surface area (Å²) in [6.45, 7) is 1.67. The average molecular weight is 246 g/mol. The van der Waals surface area contributed by atoms with E-state index in [9.17, 15) is 4.79 Å². The first kappa shape index (κ1) is 10.6. The molecule has 0 amide bonds. The number of imidazole rings is 1. The molecule has 18 heavy (non-hydrogen) atoms. The van der Waals surface area contributed by atoms with Crippen molar-refractivity contribution >= 4 is 11.7 Å². The van der Waals surface area contributed by atoms with Crippen molar-refractivity contribution < 1.29 is 14.3 Å². The molecule has 3 aromatic heterocycles. The number of carbonyl (C=O) groups is 1. The number of rotatable bonds is 2. The van der Waals surface area contributed by atoms with E-state index in [0.717, 1.165) is 0 Å². The number of aromatic nitrogens is 4. The fourth-order valence-corrected chi connectivity index (χ4v) is 1.89. The highest BCUT2D eigenvalue weighted by Crippen LogP contribution is 2.21. The molecule has 1 N–H and O–H groups in total. The normalized spacial score (nSPS) is 11.2. The van der Waals surface area contributed by atoms with E-state index in [0.29, 0.717) is 23.1 Å². The molecule has 0 bridgehead atoms. The summed E-state index contributed by atoms with van der Waals surface area (Å²) in [7, 11) is 1.76. The van der Waals surface area contributed by atoms with Gasteiger partial charge in [0.05, 0.1) is 12.0 Å². The van der Waals surface area contributed by atoms with Crippen molar-refractivity contribution in [3.05, 3.63) is 29.8 Å². The van der Waals surface area contributed by atoms with Crippen LogP contribution in [0.5, 0.6) is 0 Å². The van der Waals surface area contributed by atoms with E-state index in [-0.39, 0.29) is 5.69 Å². The van der Waals surface area contributed by atoms with Crippen LogP contribution in [-0.4, -0.2) is 30.2 Å². The third-order valence-corrected chi connectivity index (χ3v) is 2.82. The molecule has 3 rings (SSSR count). The van der Waals surface area contributed by atoms with E-state index in [4.69, 9.17) is 9.52 Å². The van der Waals surface area contributed by atoms with Gasteiger partial charge in [-0.15, -0.1) is 5.10 Å². The third-order valence-electron chi connectivity index (χ3n) is 2.82. The van der Waals surface area contributed by atoms with Crippen LogP contribution in [0, 0.1) is 6.92 Å². The van der Waals surface area contributed by atoms with Gasteiger partial charge in [0.15, 0.2) is 17.3 Å². The van der Waals surface area contributed by atoms with E-state index in [2.05, 4.69) is 10.1 Å². The van der Waals surface area contributed by atoms with Crippen LogP contribution in [0.2, 0.25) is 0 Å². The molecule has 0 aliphatic rings. The van der Waals surface area contributed by atoms with Gasteiger partial charge in [-0.05, 0) is 19.1 Å². The zero-order chi connectivity index (χ0) is 12.9. The SMILES string of the molecule is Cc1c(C(=O)O)nc2n(C)c(-c3ccco3)nn12. The van der Waals surface area contributed by atoms with Crippen LogP contribution < -0.4 is 0 Å². The predicted octanol–water partition coefficient (Wildman–Crippen LogP) is 1.33. The second kappa shape index (κ2) is 3.46. The van der Waals surface area contributed by atoms with E-state index < -0.39 is 5.97 Å². The monoisotopic (exact) mass is 246 g/mol. The Labute approximate surface area is 101 Å². The number of furan rings is 1. The molecule has 92 valence electrons. The topological polar surface area (TPSA) is 85.6 Å². The molecule has 0 atom stereocenters.